The Bertz CT molecular complexity index is 403. The summed E-state index contributed by atoms with van der Waals surface area (Å²) in [5.74, 6) is 0.732. The Morgan fingerprint density at radius 1 is 1.44 bits per heavy atom. The largest absolute Gasteiger partial charge is 0.367 e. The van der Waals surface area contributed by atoms with Gasteiger partial charge in [-0.3, -0.25) is 0 Å². The highest BCUT2D eigenvalue weighted by molar-refractivity contribution is 6.34. The van der Waals surface area contributed by atoms with Gasteiger partial charge in [-0.1, -0.05) is 37.6 Å². The Kier molecular flexibility index (Phi) is 4.52. The molecule has 0 aromatic heterocycles. The first kappa shape index (κ1) is 13.7. The molecule has 1 N–H and O–H groups in total. The van der Waals surface area contributed by atoms with Gasteiger partial charge in [0.15, 0.2) is 0 Å². The van der Waals surface area contributed by atoms with Crippen LogP contribution in [0.2, 0.25) is 5.02 Å². The number of benzene rings is 1. The van der Waals surface area contributed by atoms with Crippen molar-refractivity contribution in [3.05, 3.63) is 28.8 Å². The molecule has 100 valence electrons. The summed E-state index contributed by atoms with van der Waals surface area (Å²) in [7, 11) is 0. The van der Waals surface area contributed by atoms with Crippen molar-refractivity contribution in [1.29, 1.82) is 0 Å². The van der Waals surface area contributed by atoms with E-state index in [0.29, 0.717) is 6.04 Å². The normalized spacial score (nSPS) is 20.5. The zero-order chi connectivity index (χ0) is 13.1. The minimum atomic E-state index is 0.579. The first-order valence-corrected chi connectivity index (χ1v) is 7.19. The number of rotatable bonds is 3. The zero-order valence-corrected chi connectivity index (χ0v) is 12.3. The van der Waals surface area contributed by atoms with Crippen molar-refractivity contribution in [3.8, 4) is 0 Å². The molecule has 0 radical (unpaired) electrons. The molecule has 1 fully saturated rings. The molecular formula is C15H23ClN2. The van der Waals surface area contributed by atoms with Gasteiger partial charge in [-0.15, -0.1) is 0 Å². The number of aryl methyl sites for hydroxylation is 1. The molecule has 2 rings (SSSR count). The third-order valence-electron chi connectivity index (χ3n) is 3.52. The predicted octanol–water partition coefficient (Wildman–Crippen LogP) is 3.47. The van der Waals surface area contributed by atoms with Crippen molar-refractivity contribution in [2.45, 2.75) is 33.2 Å². The fraction of sp³-hybridized carbons (Fsp3) is 0.600. The van der Waals surface area contributed by atoms with Gasteiger partial charge in [0.1, 0.15) is 0 Å². The first-order valence-electron chi connectivity index (χ1n) is 6.81. The molecule has 2 nitrogen and oxygen atoms in total. The van der Waals surface area contributed by atoms with Crippen LogP contribution < -0.4 is 10.2 Å². The third kappa shape index (κ3) is 3.18. The summed E-state index contributed by atoms with van der Waals surface area (Å²) >= 11 is 6.42. The SMILES string of the molecule is Cc1cccc(N2CCNC(CC(C)C)C2)c1Cl. The summed E-state index contributed by atoms with van der Waals surface area (Å²) in [6.07, 6.45) is 1.22. The second kappa shape index (κ2) is 5.94. The molecule has 1 unspecified atom stereocenters. The fourth-order valence-electron chi connectivity index (χ4n) is 2.65. The summed E-state index contributed by atoms with van der Waals surface area (Å²) in [6.45, 7) is 9.76. The molecule has 1 heterocycles. The summed E-state index contributed by atoms with van der Waals surface area (Å²) < 4.78 is 0. The first-order chi connectivity index (χ1) is 8.58. The number of hydrogen-bond acceptors (Lipinski definition) is 2. The molecule has 1 aliphatic rings. The van der Waals surface area contributed by atoms with Crippen molar-refractivity contribution in [2.24, 2.45) is 5.92 Å². The van der Waals surface area contributed by atoms with E-state index in [2.05, 4.69) is 49.2 Å². The summed E-state index contributed by atoms with van der Waals surface area (Å²) in [6, 6.07) is 6.87. The number of halogens is 1. The molecule has 3 heteroatoms. The monoisotopic (exact) mass is 266 g/mol. The van der Waals surface area contributed by atoms with Crippen LogP contribution in [0.25, 0.3) is 0 Å². The van der Waals surface area contributed by atoms with Crippen LogP contribution in [0, 0.1) is 12.8 Å². The van der Waals surface area contributed by atoms with Gasteiger partial charge in [0.05, 0.1) is 10.7 Å². The molecule has 1 aromatic rings. The molecule has 1 saturated heterocycles. The van der Waals surface area contributed by atoms with Gasteiger partial charge in [-0.25, -0.2) is 0 Å². The maximum Gasteiger partial charge on any atom is 0.0668 e. The van der Waals surface area contributed by atoms with Crippen molar-refractivity contribution >= 4 is 17.3 Å². The molecular weight excluding hydrogens is 244 g/mol. The molecule has 1 aromatic carbocycles. The Morgan fingerprint density at radius 2 is 2.22 bits per heavy atom. The highest BCUT2D eigenvalue weighted by atomic mass is 35.5. The van der Waals surface area contributed by atoms with E-state index in [4.69, 9.17) is 11.6 Å². The predicted molar refractivity (Wildman–Crippen MR) is 79.6 cm³/mol. The van der Waals surface area contributed by atoms with Crippen LogP contribution in [0.1, 0.15) is 25.8 Å². The maximum atomic E-state index is 6.42. The number of nitrogens with zero attached hydrogens (tertiary/aromatic N) is 1. The zero-order valence-electron chi connectivity index (χ0n) is 11.5. The second-order valence-electron chi connectivity index (χ2n) is 5.63. The Balaban J connectivity index is 2.11. The number of piperazine rings is 1. The molecule has 0 saturated carbocycles. The van der Waals surface area contributed by atoms with Crippen LogP contribution in [0.3, 0.4) is 0 Å². The van der Waals surface area contributed by atoms with Gasteiger partial charge >= 0.3 is 0 Å². The van der Waals surface area contributed by atoms with Crippen molar-refractivity contribution in [3.63, 3.8) is 0 Å². The molecule has 0 amide bonds. The van der Waals surface area contributed by atoms with E-state index in [1.807, 2.05) is 0 Å². The van der Waals surface area contributed by atoms with E-state index < -0.39 is 0 Å². The van der Waals surface area contributed by atoms with E-state index in [1.54, 1.807) is 0 Å². The Labute approximate surface area is 115 Å². The third-order valence-corrected chi connectivity index (χ3v) is 4.02. The van der Waals surface area contributed by atoms with Gasteiger partial charge in [-0.2, -0.15) is 0 Å². The van der Waals surface area contributed by atoms with E-state index in [-0.39, 0.29) is 0 Å². The fourth-order valence-corrected chi connectivity index (χ4v) is 2.89. The van der Waals surface area contributed by atoms with Crippen LogP contribution in [0.5, 0.6) is 0 Å². The smallest absolute Gasteiger partial charge is 0.0668 e. The molecule has 18 heavy (non-hydrogen) atoms. The number of hydrogen-bond donors (Lipinski definition) is 1. The summed E-state index contributed by atoms with van der Waals surface area (Å²) in [4.78, 5) is 2.42. The van der Waals surface area contributed by atoms with Crippen LogP contribution in [0.4, 0.5) is 5.69 Å². The van der Waals surface area contributed by atoms with Crippen molar-refractivity contribution in [2.75, 3.05) is 24.5 Å². The lowest BCUT2D eigenvalue weighted by atomic mass is 10.0. The van der Waals surface area contributed by atoms with E-state index in [1.165, 1.54) is 12.1 Å². The van der Waals surface area contributed by atoms with E-state index in [0.717, 1.165) is 36.1 Å². The Morgan fingerprint density at radius 3 is 2.94 bits per heavy atom. The standard InChI is InChI=1S/C15H23ClN2/c1-11(2)9-13-10-18(8-7-17-13)14-6-4-5-12(3)15(14)16/h4-6,11,13,17H,7-10H2,1-3H3. The van der Waals surface area contributed by atoms with Gasteiger partial charge in [-0.05, 0) is 30.9 Å². The highest BCUT2D eigenvalue weighted by Gasteiger charge is 2.21. The molecule has 0 aliphatic carbocycles. The van der Waals surface area contributed by atoms with Gasteiger partial charge in [0, 0.05) is 25.7 Å². The lowest BCUT2D eigenvalue weighted by Crippen LogP contribution is -2.51. The molecule has 0 spiro atoms. The average Bonchev–Trinajstić information content (AvgIpc) is 2.32. The van der Waals surface area contributed by atoms with Gasteiger partial charge < -0.3 is 10.2 Å². The molecule has 1 atom stereocenters. The van der Waals surface area contributed by atoms with Crippen LogP contribution in [-0.2, 0) is 0 Å². The topological polar surface area (TPSA) is 15.3 Å². The lowest BCUT2D eigenvalue weighted by molar-refractivity contribution is 0.388. The summed E-state index contributed by atoms with van der Waals surface area (Å²) in [5.41, 5.74) is 2.35. The molecule has 0 bridgehead atoms. The van der Waals surface area contributed by atoms with E-state index in [9.17, 15) is 0 Å². The maximum absolute atomic E-state index is 6.42. The van der Waals surface area contributed by atoms with Crippen LogP contribution in [-0.4, -0.2) is 25.7 Å². The van der Waals surface area contributed by atoms with Crippen LogP contribution in [0.15, 0.2) is 18.2 Å². The van der Waals surface area contributed by atoms with Crippen LogP contribution >= 0.6 is 11.6 Å². The Hall–Kier alpha value is -0.730. The minimum absolute atomic E-state index is 0.579. The van der Waals surface area contributed by atoms with E-state index >= 15 is 0 Å². The number of nitrogens with one attached hydrogen (secondary N) is 1. The van der Waals surface area contributed by atoms with Crippen molar-refractivity contribution < 1.29 is 0 Å². The van der Waals surface area contributed by atoms with Gasteiger partial charge in [0.2, 0.25) is 0 Å². The molecule has 1 aliphatic heterocycles. The summed E-state index contributed by atoms with van der Waals surface area (Å²) in [5, 5.41) is 4.50. The highest BCUT2D eigenvalue weighted by Crippen LogP contribution is 2.29. The average molecular weight is 267 g/mol. The van der Waals surface area contributed by atoms with Crippen molar-refractivity contribution in [1.82, 2.24) is 5.32 Å². The lowest BCUT2D eigenvalue weighted by Gasteiger charge is -2.36. The minimum Gasteiger partial charge on any atom is -0.367 e. The van der Waals surface area contributed by atoms with Gasteiger partial charge in [0.25, 0.3) is 0 Å². The quantitative estimate of drug-likeness (QED) is 0.901. The second-order valence-corrected chi connectivity index (χ2v) is 6.01. The number of anilines is 1.